The Morgan fingerprint density at radius 3 is 2.57 bits per heavy atom. The maximum Gasteiger partial charge on any atom is 0.254 e. The predicted octanol–water partition coefficient (Wildman–Crippen LogP) is 1.37. The summed E-state index contributed by atoms with van der Waals surface area (Å²) in [5, 5.41) is 0. The molecule has 0 saturated carbocycles. The van der Waals surface area contributed by atoms with Crippen molar-refractivity contribution in [3.63, 3.8) is 0 Å². The summed E-state index contributed by atoms with van der Waals surface area (Å²) >= 11 is 0. The van der Waals surface area contributed by atoms with Crippen LogP contribution in [0.25, 0.3) is 0 Å². The number of benzene rings is 1. The van der Waals surface area contributed by atoms with Crippen LogP contribution in [0.2, 0.25) is 0 Å². The highest BCUT2D eigenvalue weighted by molar-refractivity contribution is 7.09. The minimum absolute atomic E-state index is 0.0360. The van der Waals surface area contributed by atoms with E-state index in [0.29, 0.717) is 0 Å². The molecule has 0 radical (unpaired) electrons. The number of likely N-dealkylation sites (N-methyl/N-ethyl adjacent to an activating group) is 1. The minimum Gasteiger partial charge on any atom is -0.350 e. The van der Waals surface area contributed by atoms with Crippen molar-refractivity contribution in [2.45, 2.75) is 12.1 Å². The summed E-state index contributed by atoms with van der Waals surface area (Å²) in [4.78, 5) is 13.1. The van der Waals surface area contributed by atoms with Crippen LogP contribution in [-0.2, 0) is 9.32 Å². The number of likely N-dealkylation sites (tertiary alicyclic amines) is 1. The lowest BCUT2D eigenvalue weighted by molar-refractivity contribution is -0.159. The van der Waals surface area contributed by atoms with Gasteiger partial charge in [0.25, 0.3) is 5.91 Å². The van der Waals surface area contributed by atoms with Crippen LogP contribution in [-0.4, -0.2) is 24.0 Å². The fourth-order valence-corrected chi connectivity index (χ4v) is 2.04. The van der Waals surface area contributed by atoms with Crippen LogP contribution in [0, 0.1) is 0 Å². The molecule has 74 valence electrons. The van der Waals surface area contributed by atoms with Crippen LogP contribution < -0.4 is 0 Å². The molecule has 3 nitrogen and oxygen atoms in total. The molecule has 1 amide bonds. The average Bonchev–Trinajstić information content (AvgIpc) is 2.25. The first-order valence-electron chi connectivity index (χ1n) is 4.43. The Morgan fingerprint density at radius 2 is 2.00 bits per heavy atom. The van der Waals surface area contributed by atoms with E-state index in [9.17, 15) is 4.79 Å². The SMILES string of the molecule is CN1C(=O)[C@H](OP)[C@@H]1c1ccccc1. The molecule has 1 aliphatic heterocycles. The lowest BCUT2D eigenvalue weighted by Crippen LogP contribution is -2.56. The topological polar surface area (TPSA) is 29.5 Å². The van der Waals surface area contributed by atoms with Crippen molar-refractivity contribution in [1.29, 1.82) is 0 Å². The molecule has 1 aromatic rings. The number of hydrogen-bond acceptors (Lipinski definition) is 2. The van der Waals surface area contributed by atoms with Gasteiger partial charge in [0, 0.05) is 16.5 Å². The molecule has 1 fully saturated rings. The van der Waals surface area contributed by atoms with Gasteiger partial charge < -0.3 is 9.42 Å². The Balaban J connectivity index is 2.23. The Hall–Kier alpha value is -0.920. The maximum atomic E-state index is 11.4. The summed E-state index contributed by atoms with van der Waals surface area (Å²) < 4.78 is 5.06. The zero-order valence-electron chi connectivity index (χ0n) is 7.88. The molecule has 1 saturated heterocycles. The summed E-state index contributed by atoms with van der Waals surface area (Å²) in [6.45, 7) is 0. The van der Waals surface area contributed by atoms with Gasteiger partial charge >= 0.3 is 0 Å². The van der Waals surface area contributed by atoms with Crippen molar-refractivity contribution in [3.05, 3.63) is 35.9 Å². The largest absolute Gasteiger partial charge is 0.350 e. The van der Waals surface area contributed by atoms with Crippen LogP contribution in [0.3, 0.4) is 0 Å². The molecule has 1 heterocycles. The van der Waals surface area contributed by atoms with E-state index in [4.69, 9.17) is 4.52 Å². The fraction of sp³-hybridized carbons (Fsp3) is 0.300. The number of carbonyl (C=O) groups is 1. The molecule has 1 aromatic carbocycles. The number of rotatable bonds is 2. The third-order valence-corrected chi connectivity index (χ3v) is 2.88. The lowest BCUT2D eigenvalue weighted by Gasteiger charge is -2.43. The van der Waals surface area contributed by atoms with E-state index in [2.05, 4.69) is 9.47 Å². The van der Waals surface area contributed by atoms with Gasteiger partial charge in [-0.2, -0.15) is 0 Å². The summed E-state index contributed by atoms with van der Waals surface area (Å²) in [6.07, 6.45) is -0.340. The standard InChI is InChI=1S/C10H12NO2P/c1-11-8(9(13-14)10(11)12)7-5-3-2-4-6-7/h2-6,8-9H,14H2,1H3/t8-,9+/m0/s1. The van der Waals surface area contributed by atoms with Crippen LogP contribution >= 0.6 is 9.47 Å². The second kappa shape index (κ2) is 3.68. The molecule has 4 heteroatoms. The van der Waals surface area contributed by atoms with Crippen LogP contribution in [0.15, 0.2) is 30.3 Å². The van der Waals surface area contributed by atoms with Crippen molar-refractivity contribution >= 4 is 15.4 Å². The summed E-state index contributed by atoms with van der Waals surface area (Å²) in [5.74, 6) is 0.0360. The van der Waals surface area contributed by atoms with Gasteiger partial charge in [-0.05, 0) is 5.56 Å². The first kappa shape index (κ1) is 9.63. The molecule has 2 rings (SSSR count). The van der Waals surface area contributed by atoms with E-state index in [1.54, 1.807) is 11.9 Å². The average molecular weight is 209 g/mol. The van der Waals surface area contributed by atoms with Gasteiger partial charge in [0.15, 0.2) is 6.10 Å². The Morgan fingerprint density at radius 1 is 1.36 bits per heavy atom. The Labute approximate surface area is 85.3 Å². The molecule has 14 heavy (non-hydrogen) atoms. The molecule has 0 N–H and O–H groups in total. The Bertz CT molecular complexity index is 341. The zero-order valence-corrected chi connectivity index (χ0v) is 9.04. The molecule has 0 aliphatic carbocycles. The van der Waals surface area contributed by atoms with Gasteiger partial charge in [-0.1, -0.05) is 30.3 Å². The second-order valence-corrected chi connectivity index (χ2v) is 3.63. The quantitative estimate of drug-likeness (QED) is 0.544. The molecule has 1 unspecified atom stereocenters. The highest BCUT2D eigenvalue weighted by Gasteiger charge is 2.46. The lowest BCUT2D eigenvalue weighted by atomic mass is 9.92. The van der Waals surface area contributed by atoms with Crippen molar-refractivity contribution in [2.75, 3.05) is 7.05 Å². The molecule has 0 bridgehead atoms. The molecule has 1 aliphatic rings. The first-order chi connectivity index (χ1) is 6.75. The van der Waals surface area contributed by atoms with Crippen molar-refractivity contribution < 1.29 is 9.32 Å². The number of β-lactam (4-membered cyclic amide) rings is 1. The third-order valence-electron chi connectivity index (χ3n) is 2.58. The molecular formula is C10H12NO2P. The monoisotopic (exact) mass is 209 g/mol. The number of hydrogen-bond donors (Lipinski definition) is 0. The van der Waals surface area contributed by atoms with E-state index in [1.165, 1.54) is 0 Å². The van der Waals surface area contributed by atoms with Gasteiger partial charge in [-0.15, -0.1) is 0 Å². The summed E-state index contributed by atoms with van der Waals surface area (Å²) in [6, 6.07) is 9.95. The summed E-state index contributed by atoms with van der Waals surface area (Å²) in [7, 11) is 3.95. The van der Waals surface area contributed by atoms with E-state index in [0.717, 1.165) is 5.56 Å². The van der Waals surface area contributed by atoms with Gasteiger partial charge in [-0.3, -0.25) is 4.79 Å². The third kappa shape index (κ3) is 1.33. The van der Waals surface area contributed by atoms with Gasteiger partial charge in [0.1, 0.15) is 0 Å². The fourth-order valence-electron chi connectivity index (χ4n) is 1.78. The number of amides is 1. The second-order valence-electron chi connectivity index (χ2n) is 3.36. The molecular weight excluding hydrogens is 197 g/mol. The highest BCUT2D eigenvalue weighted by atomic mass is 31.0. The van der Waals surface area contributed by atoms with E-state index < -0.39 is 0 Å². The van der Waals surface area contributed by atoms with Gasteiger partial charge in [0.05, 0.1) is 6.04 Å². The van der Waals surface area contributed by atoms with Crippen LogP contribution in [0.1, 0.15) is 11.6 Å². The van der Waals surface area contributed by atoms with Gasteiger partial charge in [0.2, 0.25) is 0 Å². The van der Waals surface area contributed by atoms with Crippen molar-refractivity contribution in [3.8, 4) is 0 Å². The smallest absolute Gasteiger partial charge is 0.254 e. The maximum absolute atomic E-state index is 11.4. The van der Waals surface area contributed by atoms with Crippen LogP contribution in [0.4, 0.5) is 0 Å². The van der Waals surface area contributed by atoms with Crippen LogP contribution in [0.5, 0.6) is 0 Å². The first-order valence-corrected chi connectivity index (χ1v) is 4.90. The Kier molecular flexibility index (Phi) is 2.53. The van der Waals surface area contributed by atoms with E-state index in [-0.39, 0.29) is 18.1 Å². The zero-order chi connectivity index (χ0) is 10.1. The molecule has 3 atom stereocenters. The van der Waals surface area contributed by atoms with E-state index >= 15 is 0 Å². The number of carbonyl (C=O) groups excluding carboxylic acids is 1. The highest BCUT2D eigenvalue weighted by Crippen LogP contribution is 2.36. The molecule has 0 spiro atoms. The van der Waals surface area contributed by atoms with Crippen molar-refractivity contribution in [2.24, 2.45) is 0 Å². The summed E-state index contributed by atoms with van der Waals surface area (Å²) in [5.41, 5.74) is 1.11. The molecule has 0 aromatic heterocycles. The predicted molar refractivity (Wildman–Crippen MR) is 56.5 cm³/mol. The number of nitrogens with zero attached hydrogens (tertiary/aromatic N) is 1. The normalized spacial score (nSPS) is 26.1. The minimum atomic E-state index is -0.340. The van der Waals surface area contributed by atoms with E-state index in [1.807, 2.05) is 30.3 Å². The van der Waals surface area contributed by atoms with Gasteiger partial charge in [-0.25, -0.2) is 0 Å². The van der Waals surface area contributed by atoms with Crippen molar-refractivity contribution in [1.82, 2.24) is 4.90 Å².